The van der Waals surface area contributed by atoms with E-state index in [1.807, 2.05) is 0 Å². The molecule has 14 heavy (non-hydrogen) atoms. The lowest BCUT2D eigenvalue weighted by molar-refractivity contribution is 0.139. The number of piperidine rings is 1. The Morgan fingerprint density at radius 1 is 1.14 bits per heavy atom. The van der Waals surface area contributed by atoms with E-state index in [9.17, 15) is 0 Å². The van der Waals surface area contributed by atoms with Crippen molar-refractivity contribution in [1.29, 1.82) is 0 Å². The monoisotopic (exact) mass is 198 g/mol. The molecule has 0 amide bonds. The number of hydrogen-bond acceptors (Lipinski definition) is 2. The number of nitrogens with zero attached hydrogens (tertiary/aromatic N) is 1. The van der Waals surface area contributed by atoms with Gasteiger partial charge in [0.05, 0.1) is 0 Å². The highest BCUT2D eigenvalue weighted by Crippen LogP contribution is 2.19. The summed E-state index contributed by atoms with van der Waals surface area (Å²) in [5, 5.41) is 0. The molecule has 0 aromatic rings. The summed E-state index contributed by atoms with van der Waals surface area (Å²) in [6, 6.07) is 0.750. The van der Waals surface area contributed by atoms with E-state index in [-0.39, 0.29) is 0 Å². The molecule has 0 aromatic heterocycles. The maximum atomic E-state index is 5.69. The van der Waals surface area contributed by atoms with Crippen LogP contribution in [0.1, 0.15) is 46.0 Å². The zero-order valence-corrected chi connectivity index (χ0v) is 9.84. The number of rotatable bonds is 5. The molecular formula is C12H26N2. The van der Waals surface area contributed by atoms with Gasteiger partial charge in [-0.1, -0.05) is 20.3 Å². The SMILES string of the molecule is CC(C)CC(CCN)N1CCCCC1. The van der Waals surface area contributed by atoms with Crippen LogP contribution in [-0.4, -0.2) is 30.6 Å². The number of nitrogens with two attached hydrogens (primary N) is 1. The van der Waals surface area contributed by atoms with Crippen molar-refractivity contribution in [2.24, 2.45) is 11.7 Å². The van der Waals surface area contributed by atoms with E-state index in [4.69, 9.17) is 5.73 Å². The molecule has 0 aliphatic carbocycles. The molecule has 1 fully saturated rings. The largest absolute Gasteiger partial charge is 0.330 e. The molecule has 0 saturated carbocycles. The fourth-order valence-electron chi connectivity index (χ4n) is 2.47. The third-order valence-electron chi connectivity index (χ3n) is 3.15. The third-order valence-corrected chi connectivity index (χ3v) is 3.15. The van der Waals surface area contributed by atoms with Crippen LogP contribution in [0, 0.1) is 5.92 Å². The summed E-state index contributed by atoms with van der Waals surface area (Å²) in [5.41, 5.74) is 5.69. The van der Waals surface area contributed by atoms with Crippen molar-refractivity contribution < 1.29 is 0 Å². The first-order valence-electron chi connectivity index (χ1n) is 6.18. The highest BCUT2D eigenvalue weighted by molar-refractivity contribution is 4.76. The predicted octanol–water partition coefficient (Wildman–Crippen LogP) is 2.24. The van der Waals surface area contributed by atoms with Gasteiger partial charge in [0.25, 0.3) is 0 Å². The van der Waals surface area contributed by atoms with Crippen LogP contribution in [0.4, 0.5) is 0 Å². The Labute approximate surface area is 88.8 Å². The standard InChI is InChI=1S/C12H26N2/c1-11(2)10-12(6-7-13)14-8-4-3-5-9-14/h11-12H,3-10,13H2,1-2H3. The van der Waals surface area contributed by atoms with Gasteiger partial charge in [0.2, 0.25) is 0 Å². The van der Waals surface area contributed by atoms with Gasteiger partial charge in [-0.2, -0.15) is 0 Å². The molecule has 1 rings (SSSR count). The van der Waals surface area contributed by atoms with Crippen LogP contribution in [0.25, 0.3) is 0 Å². The van der Waals surface area contributed by atoms with Crippen LogP contribution in [-0.2, 0) is 0 Å². The van der Waals surface area contributed by atoms with Gasteiger partial charge in [0, 0.05) is 6.04 Å². The maximum Gasteiger partial charge on any atom is 0.0110 e. The molecule has 0 radical (unpaired) electrons. The Morgan fingerprint density at radius 3 is 2.29 bits per heavy atom. The Morgan fingerprint density at radius 2 is 1.79 bits per heavy atom. The fraction of sp³-hybridized carbons (Fsp3) is 1.00. The lowest BCUT2D eigenvalue weighted by Crippen LogP contribution is -2.41. The van der Waals surface area contributed by atoms with E-state index in [1.165, 1.54) is 45.2 Å². The minimum atomic E-state index is 0.750. The van der Waals surface area contributed by atoms with Crippen LogP contribution >= 0.6 is 0 Å². The van der Waals surface area contributed by atoms with Crippen LogP contribution in [0.5, 0.6) is 0 Å². The zero-order valence-electron chi connectivity index (χ0n) is 9.84. The van der Waals surface area contributed by atoms with Crippen molar-refractivity contribution >= 4 is 0 Å². The predicted molar refractivity (Wildman–Crippen MR) is 62.3 cm³/mol. The molecule has 0 bridgehead atoms. The smallest absolute Gasteiger partial charge is 0.0110 e. The van der Waals surface area contributed by atoms with Crippen LogP contribution in [0.15, 0.2) is 0 Å². The van der Waals surface area contributed by atoms with E-state index in [0.29, 0.717) is 0 Å². The second kappa shape index (κ2) is 6.41. The van der Waals surface area contributed by atoms with Gasteiger partial charge in [-0.15, -0.1) is 0 Å². The highest BCUT2D eigenvalue weighted by Gasteiger charge is 2.20. The van der Waals surface area contributed by atoms with Crippen molar-refractivity contribution in [1.82, 2.24) is 4.90 Å². The molecule has 1 unspecified atom stereocenters. The Bertz CT molecular complexity index is 139. The lowest BCUT2D eigenvalue weighted by atomic mass is 9.97. The van der Waals surface area contributed by atoms with Crippen LogP contribution < -0.4 is 5.73 Å². The van der Waals surface area contributed by atoms with Gasteiger partial charge in [-0.05, 0) is 51.2 Å². The normalized spacial score (nSPS) is 21.4. The fourth-order valence-corrected chi connectivity index (χ4v) is 2.47. The molecule has 0 aromatic carbocycles. The molecule has 0 spiro atoms. The zero-order chi connectivity index (χ0) is 10.4. The Kier molecular flexibility index (Phi) is 5.49. The molecule has 1 aliphatic rings. The van der Waals surface area contributed by atoms with Crippen LogP contribution in [0.3, 0.4) is 0 Å². The molecule has 1 atom stereocenters. The molecule has 1 saturated heterocycles. The average Bonchev–Trinajstić information content (AvgIpc) is 2.18. The first-order chi connectivity index (χ1) is 6.74. The average molecular weight is 198 g/mol. The van der Waals surface area contributed by atoms with E-state index in [1.54, 1.807) is 0 Å². The Hall–Kier alpha value is -0.0800. The summed E-state index contributed by atoms with van der Waals surface area (Å²) in [6.45, 7) is 8.07. The van der Waals surface area contributed by atoms with Crippen molar-refractivity contribution in [3.63, 3.8) is 0 Å². The van der Waals surface area contributed by atoms with Crippen molar-refractivity contribution in [2.45, 2.75) is 52.0 Å². The lowest BCUT2D eigenvalue weighted by Gasteiger charge is -2.35. The summed E-state index contributed by atoms with van der Waals surface area (Å²) in [4.78, 5) is 2.66. The molecule has 1 aliphatic heterocycles. The summed E-state index contributed by atoms with van der Waals surface area (Å²) in [5.74, 6) is 0.800. The topological polar surface area (TPSA) is 29.3 Å². The van der Waals surface area contributed by atoms with Gasteiger partial charge in [-0.3, -0.25) is 0 Å². The van der Waals surface area contributed by atoms with Crippen molar-refractivity contribution in [3.8, 4) is 0 Å². The molecule has 1 heterocycles. The molecule has 2 nitrogen and oxygen atoms in total. The molecular weight excluding hydrogens is 172 g/mol. The van der Waals surface area contributed by atoms with Gasteiger partial charge in [0.15, 0.2) is 0 Å². The first kappa shape index (κ1) is 12.0. The van der Waals surface area contributed by atoms with Gasteiger partial charge < -0.3 is 10.6 Å². The van der Waals surface area contributed by atoms with E-state index in [2.05, 4.69) is 18.7 Å². The number of likely N-dealkylation sites (tertiary alicyclic amines) is 1. The van der Waals surface area contributed by atoms with E-state index < -0.39 is 0 Å². The second-order valence-electron chi connectivity index (χ2n) is 4.96. The summed E-state index contributed by atoms with van der Waals surface area (Å²) in [6.07, 6.45) is 6.70. The Balaban J connectivity index is 2.38. The summed E-state index contributed by atoms with van der Waals surface area (Å²) in [7, 11) is 0. The molecule has 84 valence electrons. The second-order valence-corrected chi connectivity index (χ2v) is 4.96. The van der Waals surface area contributed by atoms with Gasteiger partial charge >= 0.3 is 0 Å². The molecule has 2 heteroatoms. The van der Waals surface area contributed by atoms with Crippen molar-refractivity contribution in [3.05, 3.63) is 0 Å². The van der Waals surface area contributed by atoms with E-state index >= 15 is 0 Å². The van der Waals surface area contributed by atoms with Gasteiger partial charge in [0.1, 0.15) is 0 Å². The van der Waals surface area contributed by atoms with Crippen molar-refractivity contribution in [2.75, 3.05) is 19.6 Å². The third kappa shape index (κ3) is 3.97. The quantitative estimate of drug-likeness (QED) is 0.734. The highest BCUT2D eigenvalue weighted by atomic mass is 15.2. The minimum absolute atomic E-state index is 0.750. The van der Waals surface area contributed by atoms with E-state index in [0.717, 1.165) is 18.5 Å². The van der Waals surface area contributed by atoms with Gasteiger partial charge in [-0.25, -0.2) is 0 Å². The number of hydrogen-bond donors (Lipinski definition) is 1. The first-order valence-corrected chi connectivity index (χ1v) is 6.18. The maximum absolute atomic E-state index is 5.69. The minimum Gasteiger partial charge on any atom is -0.330 e. The molecule has 2 N–H and O–H groups in total. The van der Waals surface area contributed by atoms with Crippen LogP contribution in [0.2, 0.25) is 0 Å². The summed E-state index contributed by atoms with van der Waals surface area (Å²) >= 11 is 0. The summed E-state index contributed by atoms with van der Waals surface area (Å²) < 4.78 is 0.